The molecule has 30 heavy (non-hydrogen) atoms. The summed E-state index contributed by atoms with van der Waals surface area (Å²) in [6.45, 7) is 0.125. The number of hydrazine groups is 1. The minimum Gasteiger partial charge on any atom is -0.328 e. The minimum atomic E-state index is -0.310. The number of anilines is 1. The maximum absolute atomic E-state index is 12.8. The van der Waals surface area contributed by atoms with Crippen LogP contribution in [-0.2, 0) is 4.79 Å². The van der Waals surface area contributed by atoms with Gasteiger partial charge in [0.15, 0.2) is 6.54 Å². The highest BCUT2D eigenvalue weighted by atomic mass is 79.9. The summed E-state index contributed by atoms with van der Waals surface area (Å²) in [6.07, 6.45) is 0. The molecule has 0 fully saturated rings. The van der Waals surface area contributed by atoms with Crippen LogP contribution in [0, 0.1) is 0 Å². The van der Waals surface area contributed by atoms with E-state index >= 15 is 0 Å². The number of quaternary nitrogens is 1. The van der Waals surface area contributed by atoms with Crippen molar-refractivity contribution in [2.75, 3.05) is 11.9 Å². The van der Waals surface area contributed by atoms with Crippen LogP contribution >= 0.6 is 27.5 Å². The van der Waals surface area contributed by atoms with E-state index in [1.165, 1.54) is 0 Å². The van der Waals surface area contributed by atoms with Crippen LogP contribution in [0.4, 0.5) is 5.69 Å². The predicted octanol–water partition coefficient (Wildman–Crippen LogP) is 3.00. The molecule has 6 nitrogen and oxygen atoms in total. The monoisotopic (exact) mass is 487 g/mol. The van der Waals surface area contributed by atoms with Crippen molar-refractivity contribution in [2.24, 2.45) is 5.84 Å². The summed E-state index contributed by atoms with van der Waals surface area (Å²) >= 11 is 9.69. The first-order chi connectivity index (χ1) is 14.5. The van der Waals surface area contributed by atoms with Crippen molar-refractivity contribution in [3.8, 4) is 0 Å². The van der Waals surface area contributed by atoms with Crippen LogP contribution in [0.25, 0.3) is 0 Å². The SMILES string of the molecule is NNC(=O)C[NH2+][C@H](c1ccccc1)c1cc(Br)ccc1NC(=O)c1ccccc1Cl. The van der Waals surface area contributed by atoms with E-state index in [0.29, 0.717) is 16.3 Å². The lowest BCUT2D eigenvalue weighted by molar-refractivity contribution is -0.676. The van der Waals surface area contributed by atoms with E-state index in [2.05, 4.69) is 26.7 Å². The van der Waals surface area contributed by atoms with Crippen LogP contribution in [-0.4, -0.2) is 18.4 Å². The average Bonchev–Trinajstić information content (AvgIpc) is 2.76. The summed E-state index contributed by atoms with van der Waals surface area (Å²) in [5.41, 5.74) is 4.97. The minimum absolute atomic E-state index is 0.125. The van der Waals surface area contributed by atoms with Gasteiger partial charge < -0.3 is 10.6 Å². The van der Waals surface area contributed by atoms with Gasteiger partial charge in [-0.05, 0) is 30.3 Å². The van der Waals surface area contributed by atoms with Gasteiger partial charge in [-0.1, -0.05) is 70.0 Å². The van der Waals surface area contributed by atoms with Crippen molar-refractivity contribution >= 4 is 45.0 Å². The summed E-state index contributed by atoms with van der Waals surface area (Å²) in [6, 6.07) is 22.0. The molecule has 0 heterocycles. The number of carbonyl (C=O) groups is 2. The number of nitrogens with one attached hydrogen (secondary N) is 2. The second-order valence-electron chi connectivity index (χ2n) is 6.56. The highest BCUT2D eigenvalue weighted by Gasteiger charge is 2.23. The van der Waals surface area contributed by atoms with Crippen molar-refractivity contribution in [3.63, 3.8) is 0 Å². The maximum Gasteiger partial charge on any atom is 0.288 e. The molecule has 0 unspecified atom stereocenters. The number of rotatable bonds is 7. The zero-order valence-corrected chi connectivity index (χ0v) is 18.3. The zero-order chi connectivity index (χ0) is 21.5. The van der Waals surface area contributed by atoms with Gasteiger partial charge in [0.2, 0.25) is 0 Å². The Morgan fingerprint density at radius 1 is 1.03 bits per heavy atom. The molecule has 0 saturated heterocycles. The Morgan fingerprint density at radius 3 is 2.43 bits per heavy atom. The molecule has 0 aliphatic carbocycles. The largest absolute Gasteiger partial charge is 0.328 e. The Bertz CT molecular complexity index is 1050. The number of benzene rings is 3. The number of hydrogen-bond donors (Lipinski definition) is 4. The smallest absolute Gasteiger partial charge is 0.288 e. The van der Waals surface area contributed by atoms with Crippen molar-refractivity contribution in [1.82, 2.24) is 5.43 Å². The number of halogens is 2. The zero-order valence-electron chi connectivity index (χ0n) is 15.9. The lowest BCUT2D eigenvalue weighted by atomic mass is 9.96. The molecule has 0 aromatic heterocycles. The van der Waals surface area contributed by atoms with Gasteiger partial charge in [0.1, 0.15) is 6.04 Å². The number of nitrogens with two attached hydrogens (primary N) is 2. The molecular formula is C22H21BrClN4O2+. The summed E-state index contributed by atoms with van der Waals surface area (Å²) in [5.74, 6) is 4.63. The Morgan fingerprint density at radius 2 is 1.73 bits per heavy atom. The predicted molar refractivity (Wildman–Crippen MR) is 121 cm³/mol. The van der Waals surface area contributed by atoms with Crippen LogP contribution in [0.5, 0.6) is 0 Å². The molecule has 3 rings (SSSR count). The molecule has 6 N–H and O–H groups in total. The van der Waals surface area contributed by atoms with Crippen molar-refractivity contribution < 1.29 is 14.9 Å². The van der Waals surface area contributed by atoms with E-state index < -0.39 is 0 Å². The molecule has 0 saturated carbocycles. The number of carbonyl (C=O) groups excluding carboxylic acids is 2. The molecule has 3 aromatic rings. The van der Waals surface area contributed by atoms with Crippen LogP contribution < -0.4 is 21.9 Å². The lowest BCUT2D eigenvalue weighted by Gasteiger charge is -2.20. The summed E-state index contributed by atoms with van der Waals surface area (Å²) in [4.78, 5) is 24.6. The van der Waals surface area contributed by atoms with Gasteiger partial charge in [-0.15, -0.1) is 0 Å². The van der Waals surface area contributed by atoms with Crippen molar-refractivity contribution in [1.29, 1.82) is 0 Å². The summed E-state index contributed by atoms with van der Waals surface area (Å²) < 4.78 is 0.853. The van der Waals surface area contributed by atoms with Crippen LogP contribution in [0.2, 0.25) is 5.02 Å². The Kier molecular flexibility index (Phi) is 7.59. The molecule has 8 heteroatoms. The number of hydrogen-bond acceptors (Lipinski definition) is 3. The fourth-order valence-electron chi connectivity index (χ4n) is 3.13. The topological polar surface area (TPSA) is 101 Å². The van der Waals surface area contributed by atoms with Gasteiger partial charge in [-0.2, -0.15) is 0 Å². The fourth-order valence-corrected chi connectivity index (χ4v) is 3.73. The standard InChI is InChI=1S/C22H20BrClN4O2/c23-15-10-11-19(27-22(30)16-8-4-5-9-18(16)24)17(12-15)21(26-13-20(29)28-25)14-6-2-1-3-7-14/h1-12,21,26H,13,25H2,(H,27,30)(H,28,29)/p+1/t21-/m1/s1. The number of amides is 2. The van der Waals surface area contributed by atoms with E-state index in [9.17, 15) is 9.59 Å². The van der Waals surface area contributed by atoms with E-state index in [1.807, 2.05) is 53.8 Å². The summed E-state index contributed by atoms with van der Waals surface area (Å²) in [5, 5.41) is 5.20. The quantitative estimate of drug-likeness (QED) is 0.234. The molecule has 1 atom stereocenters. The Balaban J connectivity index is 1.99. The van der Waals surface area contributed by atoms with Crippen LogP contribution in [0.3, 0.4) is 0 Å². The molecule has 154 valence electrons. The molecule has 0 radical (unpaired) electrons. The normalized spacial score (nSPS) is 11.6. The first kappa shape index (κ1) is 22.0. The van der Waals surface area contributed by atoms with Crippen LogP contribution in [0.1, 0.15) is 27.5 Å². The second-order valence-corrected chi connectivity index (χ2v) is 7.88. The fraction of sp³-hybridized carbons (Fsp3) is 0.0909. The average molecular weight is 489 g/mol. The van der Waals surface area contributed by atoms with Gasteiger partial charge >= 0.3 is 0 Å². The maximum atomic E-state index is 12.8. The first-order valence-corrected chi connectivity index (χ1v) is 10.4. The molecule has 0 aliphatic heterocycles. The van der Waals surface area contributed by atoms with Gasteiger partial charge in [-0.3, -0.25) is 15.0 Å². The van der Waals surface area contributed by atoms with E-state index in [1.54, 1.807) is 24.3 Å². The molecule has 0 spiro atoms. The highest BCUT2D eigenvalue weighted by Crippen LogP contribution is 2.30. The third-order valence-electron chi connectivity index (χ3n) is 4.57. The van der Waals surface area contributed by atoms with Gasteiger partial charge in [0.25, 0.3) is 11.8 Å². The van der Waals surface area contributed by atoms with Gasteiger partial charge in [0, 0.05) is 15.6 Å². The lowest BCUT2D eigenvalue weighted by Crippen LogP contribution is -2.88. The first-order valence-electron chi connectivity index (χ1n) is 9.22. The Labute approximate surface area is 187 Å². The second kappa shape index (κ2) is 10.4. The highest BCUT2D eigenvalue weighted by molar-refractivity contribution is 9.10. The third-order valence-corrected chi connectivity index (χ3v) is 5.40. The molecule has 0 aliphatic rings. The van der Waals surface area contributed by atoms with Crippen LogP contribution in [0.15, 0.2) is 77.3 Å². The van der Waals surface area contributed by atoms with E-state index in [4.69, 9.17) is 17.4 Å². The molecule has 2 amide bonds. The molecule has 3 aromatic carbocycles. The molecule has 0 bridgehead atoms. The van der Waals surface area contributed by atoms with E-state index in [-0.39, 0.29) is 24.4 Å². The molecular weight excluding hydrogens is 468 g/mol. The van der Waals surface area contributed by atoms with E-state index in [0.717, 1.165) is 15.6 Å². The van der Waals surface area contributed by atoms with Gasteiger partial charge in [-0.25, -0.2) is 5.84 Å². The Hall–Kier alpha value is -2.71. The van der Waals surface area contributed by atoms with Crippen molar-refractivity contribution in [2.45, 2.75) is 6.04 Å². The van der Waals surface area contributed by atoms with Crippen molar-refractivity contribution in [3.05, 3.63) is 99.0 Å². The van der Waals surface area contributed by atoms with Gasteiger partial charge in [0.05, 0.1) is 16.3 Å². The third kappa shape index (κ3) is 5.46. The summed E-state index contributed by atoms with van der Waals surface area (Å²) in [7, 11) is 0.